The Balaban J connectivity index is 1.07. The maximum absolute atomic E-state index is 13.8. The number of aliphatic hydroxyl groups excluding tert-OH is 1. The van der Waals surface area contributed by atoms with E-state index in [1.165, 1.54) is 25.7 Å². The van der Waals surface area contributed by atoms with Crippen LogP contribution in [0.1, 0.15) is 77.9 Å². The molecule has 1 aliphatic carbocycles. The van der Waals surface area contributed by atoms with E-state index < -0.39 is 28.3 Å². The molecule has 1 amide bonds. The Morgan fingerprint density at radius 1 is 0.847 bits per heavy atom. The number of hydrogen-bond acceptors (Lipinski definition) is 7. The molecule has 5 aromatic rings. The molecule has 1 aliphatic heterocycles. The standard InChI is InChI=1S/C49H55N3O6S/c1-3-29-52(42-14-8-9-15-42)33-43-31-47(39-21-19-37(34-53)20-22-39)58-49(57-43)40-25-23-38(24-26-40)45-16-10-7-13-41(45)32-50-48(54)46(30-36-11-5-4-6-12-36)51-59(55,56)44-27-17-35(2)18-28-44/h3-7,10-13,16-28,42-43,46-47,49,51,53H,1,8-9,14-15,29-34H2,2H3,(H,50,54)/t43-,46+,47+,49+/m0/s1. The molecule has 0 aromatic heterocycles. The number of aryl methyl sites for hydroxylation is 1. The normalized spacial score (nSPS) is 19.1. The highest BCUT2D eigenvalue weighted by Gasteiger charge is 2.35. The number of amides is 1. The molecule has 5 aromatic carbocycles. The third-order valence-electron chi connectivity index (χ3n) is 11.4. The van der Waals surface area contributed by atoms with Gasteiger partial charge in [-0.15, -0.1) is 6.58 Å². The van der Waals surface area contributed by atoms with Crippen molar-refractivity contribution in [1.82, 2.24) is 14.9 Å². The average molecular weight is 814 g/mol. The second-order valence-corrected chi connectivity index (χ2v) is 17.4. The summed E-state index contributed by atoms with van der Waals surface area (Å²) in [7, 11) is -3.97. The quantitative estimate of drug-likeness (QED) is 0.0809. The van der Waals surface area contributed by atoms with E-state index in [1.54, 1.807) is 24.3 Å². The lowest BCUT2D eigenvalue weighted by atomic mass is 9.97. The minimum atomic E-state index is -3.97. The Morgan fingerprint density at radius 3 is 2.22 bits per heavy atom. The molecule has 10 heteroatoms. The van der Waals surface area contributed by atoms with Crippen molar-refractivity contribution < 1.29 is 27.8 Å². The zero-order chi connectivity index (χ0) is 41.2. The van der Waals surface area contributed by atoms with Gasteiger partial charge in [-0.2, -0.15) is 4.72 Å². The molecule has 1 heterocycles. The van der Waals surface area contributed by atoms with Gasteiger partial charge in [0.2, 0.25) is 15.9 Å². The maximum Gasteiger partial charge on any atom is 0.241 e. The number of carbonyl (C=O) groups excluding carboxylic acids is 1. The Labute approximate surface area is 349 Å². The lowest BCUT2D eigenvalue weighted by Crippen LogP contribution is -2.47. The van der Waals surface area contributed by atoms with Crippen LogP contribution in [-0.2, 0) is 43.9 Å². The fraction of sp³-hybridized carbons (Fsp3) is 0.327. The van der Waals surface area contributed by atoms with Crippen molar-refractivity contribution in [2.75, 3.05) is 13.1 Å². The molecule has 0 radical (unpaired) electrons. The fourth-order valence-electron chi connectivity index (χ4n) is 8.19. The molecule has 7 rings (SSSR count). The molecule has 0 unspecified atom stereocenters. The number of nitrogens with zero attached hydrogens (tertiary/aromatic N) is 1. The van der Waals surface area contributed by atoms with Crippen LogP contribution in [0.4, 0.5) is 0 Å². The van der Waals surface area contributed by atoms with Gasteiger partial charge in [-0.3, -0.25) is 9.69 Å². The summed E-state index contributed by atoms with van der Waals surface area (Å²) in [6, 6.07) is 39.5. The first kappa shape index (κ1) is 42.2. The van der Waals surface area contributed by atoms with Crippen LogP contribution in [0.5, 0.6) is 0 Å². The van der Waals surface area contributed by atoms with Crippen LogP contribution in [0.15, 0.2) is 145 Å². The van der Waals surface area contributed by atoms with Crippen molar-refractivity contribution in [2.45, 2.75) is 94.1 Å². The topological polar surface area (TPSA) is 117 Å². The van der Waals surface area contributed by atoms with E-state index >= 15 is 0 Å². The van der Waals surface area contributed by atoms with Crippen LogP contribution in [0.2, 0.25) is 0 Å². The van der Waals surface area contributed by atoms with Crippen LogP contribution < -0.4 is 10.0 Å². The molecule has 308 valence electrons. The predicted octanol–water partition coefficient (Wildman–Crippen LogP) is 8.34. The molecule has 0 bridgehead atoms. The summed E-state index contributed by atoms with van der Waals surface area (Å²) in [4.78, 5) is 16.5. The highest BCUT2D eigenvalue weighted by atomic mass is 32.2. The lowest BCUT2D eigenvalue weighted by molar-refractivity contribution is -0.253. The second-order valence-electron chi connectivity index (χ2n) is 15.7. The number of ether oxygens (including phenoxy) is 2. The average Bonchev–Trinajstić information content (AvgIpc) is 3.81. The van der Waals surface area contributed by atoms with Gasteiger partial charge in [0, 0.05) is 37.7 Å². The molecule has 59 heavy (non-hydrogen) atoms. The van der Waals surface area contributed by atoms with Gasteiger partial charge in [0.25, 0.3) is 0 Å². The first-order valence-corrected chi connectivity index (χ1v) is 22.1. The molecule has 3 N–H and O–H groups in total. The monoisotopic (exact) mass is 813 g/mol. The van der Waals surface area contributed by atoms with Crippen molar-refractivity contribution in [3.8, 4) is 11.1 Å². The summed E-state index contributed by atoms with van der Waals surface area (Å²) in [5, 5.41) is 12.7. The molecular formula is C49H55N3O6S. The number of rotatable bonds is 17. The van der Waals surface area contributed by atoms with E-state index in [2.05, 4.69) is 21.5 Å². The van der Waals surface area contributed by atoms with Crippen LogP contribution in [-0.4, -0.2) is 55.6 Å². The first-order chi connectivity index (χ1) is 28.7. The third kappa shape index (κ3) is 11.0. The van der Waals surface area contributed by atoms with E-state index in [9.17, 15) is 18.3 Å². The zero-order valence-corrected chi connectivity index (χ0v) is 34.5. The summed E-state index contributed by atoms with van der Waals surface area (Å²) in [5.74, 6) is -0.420. The molecule has 4 atom stereocenters. The molecular weight excluding hydrogens is 759 g/mol. The highest BCUT2D eigenvalue weighted by Crippen LogP contribution is 2.39. The van der Waals surface area contributed by atoms with Crippen LogP contribution in [0, 0.1) is 6.92 Å². The lowest BCUT2D eigenvalue weighted by Gasteiger charge is -2.39. The second kappa shape index (κ2) is 19.9. The van der Waals surface area contributed by atoms with E-state index in [0.29, 0.717) is 12.5 Å². The largest absolute Gasteiger partial charge is 0.392 e. The van der Waals surface area contributed by atoms with Crippen LogP contribution in [0.3, 0.4) is 0 Å². The van der Waals surface area contributed by atoms with Gasteiger partial charge < -0.3 is 19.9 Å². The molecule has 2 fully saturated rings. The number of hydrogen-bond donors (Lipinski definition) is 3. The van der Waals surface area contributed by atoms with E-state index in [4.69, 9.17) is 9.47 Å². The molecule has 0 spiro atoms. The Hall–Kier alpha value is -4.94. The minimum absolute atomic E-state index is 0.00917. The van der Waals surface area contributed by atoms with Crippen molar-refractivity contribution >= 4 is 15.9 Å². The van der Waals surface area contributed by atoms with Gasteiger partial charge in [0.05, 0.1) is 23.7 Å². The summed E-state index contributed by atoms with van der Waals surface area (Å²) in [6.45, 7) is 7.73. The number of carbonyl (C=O) groups is 1. The fourth-order valence-corrected chi connectivity index (χ4v) is 9.39. The number of sulfonamides is 1. The summed E-state index contributed by atoms with van der Waals surface area (Å²) >= 11 is 0. The summed E-state index contributed by atoms with van der Waals surface area (Å²) in [6.07, 6.45) is 6.95. The molecule has 1 saturated heterocycles. The Bertz CT molecular complexity index is 2240. The van der Waals surface area contributed by atoms with Crippen LogP contribution in [0.25, 0.3) is 11.1 Å². The van der Waals surface area contributed by atoms with Gasteiger partial charge in [-0.1, -0.05) is 140 Å². The van der Waals surface area contributed by atoms with Crippen LogP contribution >= 0.6 is 0 Å². The molecule has 9 nitrogen and oxygen atoms in total. The zero-order valence-electron chi connectivity index (χ0n) is 33.7. The Morgan fingerprint density at radius 2 is 1.53 bits per heavy atom. The third-order valence-corrected chi connectivity index (χ3v) is 12.9. The predicted molar refractivity (Wildman–Crippen MR) is 232 cm³/mol. The van der Waals surface area contributed by atoms with Gasteiger partial charge >= 0.3 is 0 Å². The Kier molecular flexibility index (Phi) is 14.2. The van der Waals surface area contributed by atoms with Crippen molar-refractivity contribution in [1.29, 1.82) is 0 Å². The minimum Gasteiger partial charge on any atom is -0.392 e. The van der Waals surface area contributed by atoms with Gasteiger partial charge in [0.15, 0.2) is 6.29 Å². The summed E-state index contributed by atoms with van der Waals surface area (Å²) in [5.41, 5.74) is 7.39. The van der Waals surface area contributed by atoms with Crippen molar-refractivity contribution in [2.24, 2.45) is 0 Å². The summed E-state index contributed by atoms with van der Waals surface area (Å²) < 4.78 is 43.0. The number of aliphatic hydroxyl groups is 1. The first-order valence-electron chi connectivity index (χ1n) is 20.6. The van der Waals surface area contributed by atoms with Crippen molar-refractivity contribution in [3.05, 3.63) is 173 Å². The SMILES string of the molecule is C=CCN(C[C@@H]1C[C@H](c2ccc(CO)cc2)O[C@H](c2ccc(-c3ccccc3CNC(=O)[C@@H](Cc3ccccc3)NS(=O)(=O)c3ccc(C)cc3)cc2)O1)C1CCCC1. The molecule has 1 saturated carbocycles. The van der Waals surface area contributed by atoms with E-state index in [1.807, 2.05) is 116 Å². The highest BCUT2D eigenvalue weighted by molar-refractivity contribution is 7.89. The number of nitrogens with one attached hydrogen (secondary N) is 2. The van der Waals surface area contributed by atoms with Crippen molar-refractivity contribution in [3.63, 3.8) is 0 Å². The van der Waals surface area contributed by atoms with Gasteiger partial charge in [-0.05, 0) is 71.7 Å². The van der Waals surface area contributed by atoms with Gasteiger partial charge in [-0.25, -0.2) is 8.42 Å². The molecule has 2 aliphatic rings. The van der Waals surface area contributed by atoms with E-state index in [-0.39, 0.29) is 36.7 Å². The smallest absolute Gasteiger partial charge is 0.241 e. The maximum atomic E-state index is 13.8. The van der Waals surface area contributed by atoms with E-state index in [0.717, 1.165) is 57.6 Å². The number of benzene rings is 5. The van der Waals surface area contributed by atoms with Gasteiger partial charge in [0.1, 0.15) is 6.04 Å².